The van der Waals surface area contributed by atoms with E-state index in [1.54, 1.807) is 6.07 Å². The zero-order chi connectivity index (χ0) is 17.5. The maximum Gasteiger partial charge on any atom is 0.243 e. The molecule has 0 amide bonds. The Morgan fingerprint density at radius 1 is 1.33 bits per heavy atom. The summed E-state index contributed by atoms with van der Waals surface area (Å²) in [5, 5.41) is 0.259. The Hall–Kier alpha value is -1.50. The van der Waals surface area contributed by atoms with E-state index in [0.717, 1.165) is 12.2 Å². The third kappa shape index (κ3) is 3.31. The van der Waals surface area contributed by atoms with Gasteiger partial charge in [-0.05, 0) is 42.7 Å². The van der Waals surface area contributed by atoms with E-state index in [1.807, 2.05) is 12.1 Å². The van der Waals surface area contributed by atoms with Gasteiger partial charge in [-0.1, -0.05) is 18.5 Å². The number of halogens is 1. The first-order valence-corrected chi connectivity index (χ1v) is 9.53. The Labute approximate surface area is 147 Å². The van der Waals surface area contributed by atoms with Crippen LogP contribution in [-0.2, 0) is 16.6 Å². The Kier molecular flexibility index (Phi) is 4.64. The number of sulfonamides is 1. The summed E-state index contributed by atoms with van der Waals surface area (Å²) in [5.41, 5.74) is 0. The molecule has 1 aromatic carbocycles. The number of ether oxygens (including phenoxy) is 1. The fourth-order valence-electron chi connectivity index (χ4n) is 2.69. The maximum atomic E-state index is 12.7. The van der Waals surface area contributed by atoms with Crippen LogP contribution >= 0.6 is 11.6 Å². The van der Waals surface area contributed by atoms with Gasteiger partial charge in [0.2, 0.25) is 10.0 Å². The van der Waals surface area contributed by atoms with Crippen molar-refractivity contribution in [2.24, 2.45) is 5.92 Å². The van der Waals surface area contributed by atoms with Crippen molar-refractivity contribution in [1.82, 2.24) is 4.31 Å². The minimum atomic E-state index is -3.66. The molecule has 1 aromatic heterocycles. The first-order chi connectivity index (χ1) is 11.3. The highest BCUT2D eigenvalue weighted by Gasteiger charge is 2.36. The number of furan rings is 1. The molecular weight excluding hydrogens is 350 g/mol. The van der Waals surface area contributed by atoms with Gasteiger partial charge in [0, 0.05) is 13.0 Å². The van der Waals surface area contributed by atoms with E-state index in [-0.39, 0.29) is 16.5 Å². The molecule has 5 nitrogen and oxygen atoms in total. The van der Waals surface area contributed by atoms with Crippen LogP contribution in [0.1, 0.15) is 30.8 Å². The summed E-state index contributed by atoms with van der Waals surface area (Å²) >= 11 is 6.03. The van der Waals surface area contributed by atoms with Crippen LogP contribution in [0.15, 0.2) is 39.6 Å². The molecule has 1 fully saturated rings. The largest absolute Gasteiger partial charge is 0.495 e. The van der Waals surface area contributed by atoms with Gasteiger partial charge in [-0.25, -0.2) is 8.42 Å². The average molecular weight is 370 g/mol. The Morgan fingerprint density at radius 3 is 2.62 bits per heavy atom. The first-order valence-electron chi connectivity index (χ1n) is 7.71. The van der Waals surface area contributed by atoms with Crippen LogP contribution in [-0.4, -0.2) is 26.9 Å². The number of methoxy groups -OCH3 is 1. The summed E-state index contributed by atoms with van der Waals surface area (Å²) in [6, 6.07) is 8.20. The fourth-order valence-corrected chi connectivity index (χ4v) is 4.18. The highest BCUT2D eigenvalue weighted by atomic mass is 35.5. The molecule has 0 aliphatic heterocycles. The molecule has 2 unspecified atom stereocenters. The molecule has 130 valence electrons. The molecule has 0 bridgehead atoms. The highest BCUT2D eigenvalue weighted by Crippen LogP contribution is 2.47. The van der Waals surface area contributed by atoms with Crippen molar-refractivity contribution in [2.45, 2.75) is 30.7 Å². The van der Waals surface area contributed by atoms with E-state index >= 15 is 0 Å². The van der Waals surface area contributed by atoms with Crippen molar-refractivity contribution in [3.8, 4) is 5.75 Å². The van der Waals surface area contributed by atoms with Gasteiger partial charge >= 0.3 is 0 Å². The number of rotatable bonds is 6. The zero-order valence-corrected chi connectivity index (χ0v) is 15.4. The van der Waals surface area contributed by atoms with Crippen LogP contribution in [0.2, 0.25) is 5.02 Å². The normalized spacial score (nSPS) is 20.4. The lowest BCUT2D eigenvalue weighted by atomic mass is 10.3. The quantitative estimate of drug-likeness (QED) is 0.775. The minimum absolute atomic E-state index is 0.124. The number of benzene rings is 1. The van der Waals surface area contributed by atoms with Crippen molar-refractivity contribution in [1.29, 1.82) is 0 Å². The maximum absolute atomic E-state index is 12.7. The second kappa shape index (κ2) is 6.43. The molecule has 24 heavy (non-hydrogen) atoms. The van der Waals surface area contributed by atoms with Crippen molar-refractivity contribution < 1.29 is 17.6 Å². The van der Waals surface area contributed by atoms with Crippen molar-refractivity contribution in [2.75, 3.05) is 14.2 Å². The van der Waals surface area contributed by atoms with Gasteiger partial charge in [-0.15, -0.1) is 0 Å². The summed E-state index contributed by atoms with van der Waals surface area (Å²) < 4.78 is 37.5. The van der Waals surface area contributed by atoms with Gasteiger partial charge < -0.3 is 9.15 Å². The number of hydrogen-bond donors (Lipinski definition) is 0. The molecule has 3 rings (SSSR count). The van der Waals surface area contributed by atoms with Gasteiger partial charge in [0.1, 0.15) is 17.3 Å². The summed E-state index contributed by atoms with van der Waals surface area (Å²) in [6.45, 7) is 2.35. The Bertz CT molecular complexity index is 846. The predicted molar refractivity (Wildman–Crippen MR) is 91.9 cm³/mol. The van der Waals surface area contributed by atoms with Crippen LogP contribution in [0, 0.1) is 5.92 Å². The van der Waals surface area contributed by atoms with Crippen LogP contribution in [0.25, 0.3) is 0 Å². The lowest BCUT2D eigenvalue weighted by Crippen LogP contribution is -2.26. The second-order valence-corrected chi connectivity index (χ2v) is 8.63. The van der Waals surface area contributed by atoms with E-state index in [4.69, 9.17) is 20.8 Å². The summed E-state index contributed by atoms with van der Waals surface area (Å²) in [4.78, 5) is 0.124. The summed E-state index contributed by atoms with van der Waals surface area (Å²) in [7, 11) is -0.651. The molecule has 1 saturated carbocycles. The van der Waals surface area contributed by atoms with Crippen molar-refractivity contribution in [3.05, 3.63) is 46.9 Å². The lowest BCUT2D eigenvalue weighted by molar-refractivity contribution is 0.389. The second-order valence-electron chi connectivity index (χ2n) is 6.18. The topological polar surface area (TPSA) is 59.8 Å². The van der Waals surface area contributed by atoms with Crippen molar-refractivity contribution in [3.63, 3.8) is 0 Å². The lowest BCUT2D eigenvalue weighted by Gasteiger charge is -2.16. The third-order valence-electron chi connectivity index (χ3n) is 4.37. The van der Waals surface area contributed by atoms with E-state index in [9.17, 15) is 8.42 Å². The van der Waals surface area contributed by atoms with Crippen LogP contribution < -0.4 is 4.74 Å². The molecule has 0 radical (unpaired) electrons. The van der Waals surface area contributed by atoms with Gasteiger partial charge in [0.05, 0.1) is 23.6 Å². The molecule has 1 aliphatic rings. The molecule has 0 saturated heterocycles. The van der Waals surface area contributed by atoms with Crippen molar-refractivity contribution >= 4 is 21.6 Å². The summed E-state index contributed by atoms with van der Waals surface area (Å²) in [6.07, 6.45) is 1.13. The minimum Gasteiger partial charge on any atom is -0.495 e. The van der Waals surface area contributed by atoms with E-state index in [1.165, 1.54) is 30.6 Å². The molecule has 7 heteroatoms. The zero-order valence-electron chi connectivity index (χ0n) is 13.8. The predicted octanol–water partition coefficient (Wildman–Crippen LogP) is 3.89. The molecule has 2 aromatic rings. The average Bonchev–Trinajstić information content (AvgIpc) is 3.09. The van der Waals surface area contributed by atoms with E-state index in [2.05, 4.69) is 6.92 Å². The van der Waals surface area contributed by atoms with Crippen LogP contribution in [0.5, 0.6) is 5.75 Å². The van der Waals surface area contributed by atoms with Crippen LogP contribution in [0.4, 0.5) is 0 Å². The van der Waals surface area contributed by atoms with Crippen LogP contribution in [0.3, 0.4) is 0 Å². The smallest absolute Gasteiger partial charge is 0.243 e. The van der Waals surface area contributed by atoms with Gasteiger partial charge in [0.15, 0.2) is 0 Å². The molecule has 2 atom stereocenters. The molecular formula is C17H20ClNO4S. The molecule has 0 spiro atoms. The van der Waals surface area contributed by atoms with Gasteiger partial charge in [-0.2, -0.15) is 4.31 Å². The van der Waals surface area contributed by atoms with E-state index in [0.29, 0.717) is 23.3 Å². The third-order valence-corrected chi connectivity index (χ3v) is 6.46. The molecule has 1 heterocycles. The number of nitrogens with zero attached hydrogens (tertiary/aromatic N) is 1. The molecule has 0 N–H and O–H groups in total. The number of hydrogen-bond acceptors (Lipinski definition) is 4. The SMILES string of the molecule is COc1ccc(S(=O)(=O)N(C)Cc2ccc(C3CC3C)o2)cc1Cl. The monoisotopic (exact) mass is 369 g/mol. The fraction of sp³-hybridized carbons (Fsp3) is 0.412. The standard InChI is InChI=1S/C17H20ClNO4S/c1-11-8-14(11)16-6-4-12(23-16)10-19(2)24(20,21)13-5-7-17(22-3)15(18)9-13/h4-7,9,11,14H,8,10H2,1-3H3. The highest BCUT2D eigenvalue weighted by molar-refractivity contribution is 7.89. The van der Waals surface area contributed by atoms with E-state index < -0.39 is 10.0 Å². The Morgan fingerprint density at radius 2 is 2.04 bits per heavy atom. The first kappa shape index (κ1) is 17.3. The Balaban J connectivity index is 1.76. The van der Waals surface area contributed by atoms with Gasteiger partial charge in [-0.3, -0.25) is 0 Å². The summed E-state index contributed by atoms with van der Waals surface area (Å²) in [5.74, 6) is 3.13. The van der Waals surface area contributed by atoms with Gasteiger partial charge in [0.25, 0.3) is 0 Å². The molecule has 1 aliphatic carbocycles.